The first-order valence-corrected chi connectivity index (χ1v) is 6.20. The summed E-state index contributed by atoms with van der Waals surface area (Å²) in [5.74, 6) is -0.893. The highest BCUT2D eigenvalue weighted by molar-refractivity contribution is 6.04. The molecule has 0 unspecified atom stereocenters. The second-order valence-corrected chi connectivity index (χ2v) is 4.08. The SMILES string of the molecule is COc1cccc(C(=O)OC(=O)c2ccccc2)c1OC. The summed E-state index contributed by atoms with van der Waals surface area (Å²) in [4.78, 5) is 24.0. The summed E-state index contributed by atoms with van der Waals surface area (Å²) in [5.41, 5.74) is 0.425. The van der Waals surface area contributed by atoms with E-state index in [0.29, 0.717) is 11.3 Å². The van der Waals surface area contributed by atoms with Gasteiger partial charge in [-0.05, 0) is 24.3 Å². The van der Waals surface area contributed by atoms with Gasteiger partial charge in [-0.25, -0.2) is 9.59 Å². The number of carbonyl (C=O) groups excluding carboxylic acids is 2. The van der Waals surface area contributed by atoms with Gasteiger partial charge in [-0.2, -0.15) is 0 Å². The van der Waals surface area contributed by atoms with Crippen molar-refractivity contribution in [3.63, 3.8) is 0 Å². The van der Waals surface area contributed by atoms with Gasteiger partial charge in [-0.1, -0.05) is 24.3 Å². The van der Waals surface area contributed by atoms with Gasteiger partial charge >= 0.3 is 11.9 Å². The lowest BCUT2D eigenvalue weighted by molar-refractivity contribution is 0.0395. The van der Waals surface area contributed by atoms with Crippen LogP contribution < -0.4 is 9.47 Å². The molecule has 5 heteroatoms. The van der Waals surface area contributed by atoms with E-state index in [9.17, 15) is 9.59 Å². The lowest BCUT2D eigenvalue weighted by atomic mass is 10.2. The first kappa shape index (κ1) is 14.6. The zero-order chi connectivity index (χ0) is 15.2. The standard InChI is InChI=1S/C16H14O5/c1-19-13-10-6-9-12(14(13)20-2)16(18)21-15(17)11-7-4-3-5-8-11/h3-10H,1-2H3. The molecule has 2 aromatic rings. The van der Waals surface area contributed by atoms with Gasteiger partial charge in [0, 0.05) is 0 Å². The first-order valence-electron chi connectivity index (χ1n) is 6.20. The molecule has 0 aliphatic carbocycles. The predicted octanol–water partition coefficient (Wildman–Crippen LogP) is 2.70. The second-order valence-electron chi connectivity index (χ2n) is 4.08. The van der Waals surface area contributed by atoms with E-state index in [0.717, 1.165) is 0 Å². The minimum Gasteiger partial charge on any atom is -0.493 e. The molecule has 0 heterocycles. The molecule has 0 aliphatic rings. The second kappa shape index (κ2) is 6.56. The molecule has 0 aliphatic heterocycles. The maximum absolute atomic E-state index is 12.1. The Bertz CT molecular complexity index is 649. The lowest BCUT2D eigenvalue weighted by Crippen LogP contribution is -2.14. The Morgan fingerprint density at radius 1 is 0.810 bits per heavy atom. The average Bonchev–Trinajstić information content (AvgIpc) is 2.54. The summed E-state index contributed by atoms with van der Waals surface area (Å²) < 4.78 is 15.1. The predicted molar refractivity (Wildman–Crippen MR) is 75.7 cm³/mol. The van der Waals surface area contributed by atoms with Gasteiger partial charge in [0.05, 0.1) is 19.8 Å². The van der Waals surface area contributed by atoms with Gasteiger partial charge in [-0.3, -0.25) is 0 Å². The third-order valence-corrected chi connectivity index (χ3v) is 2.82. The Balaban J connectivity index is 2.23. The Kier molecular flexibility index (Phi) is 4.56. The van der Waals surface area contributed by atoms with Crippen LogP contribution >= 0.6 is 0 Å². The number of ether oxygens (including phenoxy) is 3. The van der Waals surface area contributed by atoms with Crippen LogP contribution in [0.5, 0.6) is 11.5 Å². The summed E-state index contributed by atoms with van der Waals surface area (Å²) in [6, 6.07) is 13.0. The van der Waals surface area contributed by atoms with E-state index in [2.05, 4.69) is 0 Å². The first-order chi connectivity index (χ1) is 10.2. The molecule has 0 saturated carbocycles. The van der Waals surface area contributed by atoms with Gasteiger partial charge in [0.15, 0.2) is 11.5 Å². The number of hydrogen-bond donors (Lipinski definition) is 0. The summed E-state index contributed by atoms with van der Waals surface area (Å²) in [5, 5.41) is 0. The normalized spacial score (nSPS) is 9.81. The quantitative estimate of drug-likeness (QED) is 0.639. The van der Waals surface area contributed by atoms with Crippen molar-refractivity contribution in [2.24, 2.45) is 0 Å². The van der Waals surface area contributed by atoms with Crippen molar-refractivity contribution >= 4 is 11.9 Å². The van der Waals surface area contributed by atoms with Crippen LogP contribution in [-0.4, -0.2) is 26.2 Å². The maximum atomic E-state index is 12.1. The zero-order valence-electron chi connectivity index (χ0n) is 11.7. The van der Waals surface area contributed by atoms with Crippen LogP contribution in [0.3, 0.4) is 0 Å². The van der Waals surface area contributed by atoms with Crippen molar-refractivity contribution in [2.75, 3.05) is 14.2 Å². The third-order valence-electron chi connectivity index (χ3n) is 2.82. The molecular formula is C16H14O5. The number of rotatable bonds is 4. The Morgan fingerprint density at radius 3 is 2.14 bits per heavy atom. The molecule has 21 heavy (non-hydrogen) atoms. The molecule has 108 valence electrons. The summed E-state index contributed by atoms with van der Waals surface area (Å²) in [7, 11) is 2.87. The average molecular weight is 286 g/mol. The number of hydrogen-bond acceptors (Lipinski definition) is 5. The van der Waals surface area contributed by atoms with Gasteiger partial charge in [0.2, 0.25) is 0 Å². The van der Waals surface area contributed by atoms with Crippen LogP contribution in [0.15, 0.2) is 48.5 Å². The molecule has 0 radical (unpaired) electrons. The van der Waals surface area contributed by atoms with E-state index in [-0.39, 0.29) is 11.3 Å². The van der Waals surface area contributed by atoms with Crippen LogP contribution in [0.4, 0.5) is 0 Å². The van der Waals surface area contributed by atoms with E-state index in [4.69, 9.17) is 14.2 Å². The van der Waals surface area contributed by atoms with E-state index >= 15 is 0 Å². The van der Waals surface area contributed by atoms with Crippen molar-refractivity contribution in [3.8, 4) is 11.5 Å². The van der Waals surface area contributed by atoms with Crippen molar-refractivity contribution in [2.45, 2.75) is 0 Å². The van der Waals surface area contributed by atoms with E-state index in [1.54, 1.807) is 42.5 Å². The fourth-order valence-electron chi connectivity index (χ4n) is 1.82. The molecule has 0 bridgehead atoms. The fourth-order valence-corrected chi connectivity index (χ4v) is 1.82. The number of esters is 2. The van der Waals surface area contributed by atoms with E-state index in [1.165, 1.54) is 20.3 Å². The topological polar surface area (TPSA) is 61.8 Å². The molecule has 0 fully saturated rings. The van der Waals surface area contributed by atoms with Crippen LogP contribution in [0.25, 0.3) is 0 Å². The molecular weight excluding hydrogens is 272 g/mol. The molecule has 0 aromatic heterocycles. The Labute approximate surface area is 122 Å². The van der Waals surface area contributed by atoms with E-state index < -0.39 is 11.9 Å². The molecule has 0 atom stereocenters. The monoisotopic (exact) mass is 286 g/mol. The van der Waals surface area contributed by atoms with Gasteiger partial charge in [0.1, 0.15) is 5.56 Å². The van der Waals surface area contributed by atoms with Crippen molar-refractivity contribution in [3.05, 3.63) is 59.7 Å². The smallest absolute Gasteiger partial charge is 0.349 e. The molecule has 0 spiro atoms. The number of carbonyl (C=O) groups is 2. The summed E-state index contributed by atoms with van der Waals surface area (Å²) in [6.07, 6.45) is 0. The zero-order valence-corrected chi connectivity index (χ0v) is 11.7. The van der Waals surface area contributed by atoms with Crippen molar-refractivity contribution in [1.29, 1.82) is 0 Å². The fraction of sp³-hybridized carbons (Fsp3) is 0.125. The number of methoxy groups -OCH3 is 2. The highest BCUT2D eigenvalue weighted by Gasteiger charge is 2.21. The van der Waals surface area contributed by atoms with Crippen molar-refractivity contribution in [1.82, 2.24) is 0 Å². The minimum absolute atomic E-state index is 0.126. The largest absolute Gasteiger partial charge is 0.493 e. The van der Waals surface area contributed by atoms with Crippen LogP contribution in [0.1, 0.15) is 20.7 Å². The molecule has 2 rings (SSSR count). The van der Waals surface area contributed by atoms with Gasteiger partial charge in [-0.15, -0.1) is 0 Å². The van der Waals surface area contributed by atoms with Crippen LogP contribution in [0.2, 0.25) is 0 Å². The minimum atomic E-state index is -0.792. The van der Waals surface area contributed by atoms with Crippen LogP contribution in [0, 0.1) is 0 Å². The Hall–Kier alpha value is -2.82. The van der Waals surface area contributed by atoms with Crippen LogP contribution in [-0.2, 0) is 4.74 Å². The molecule has 0 N–H and O–H groups in total. The third kappa shape index (κ3) is 3.20. The van der Waals surface area contributed by atoms with Gasteiger partial charge < -0.3 is 14.2 Å². The number of benzene rings is 2. The molecule has 0 amide bonds. The summed E-state index contributed by atoms with van der Waals surface area (Å²) in [6.45, 7) is 0. The number of para-hydroxylation sites is 1. The highest BCUT2D eigenvalue weighted by atomic mass is 16.6. The lowest BCUT2D eigenvalue weighted by Gasteiger charge is -2.11. The molecule has 5 nitrogen and oxygen atoms in total. The Morgan fingerprint density at radius 2 is 1.52 bits per heavy atom. The van der Waals surface area contributed by atoms with Crippen molar-refractivity contribution < 1.29 is 23.8 Å². The summed E-state index contributed by atoms with van der Waals surface area (Å²) >= 11 is 0. The molecule has 2 aromatic carbocycles. The highest BCUT2D eigenvalue weighted by Crippen LogP contribution is 2.31. The molecule has 0 saturated heterocycles. The maximum Gasteiger partial charge on any atom is 0.349 e. The van der Waals surface area contributed by atoms with Gasteiger partial charge in [0.25, 0.3) is 0 Å². The van der Waals surface area contributed by atoms with E-state index in [1.807, 2.05) is 0 Å².